The van der Waals surface area contributed by atoms with Crippen molar-refractivity contribution in [2.24, 2.45) is 0 Å². The SMILES string of the molecule is CC1(c2ccc3c(c2)OCCCO3)NC(=O)N(CC(=O)Nc2ccc3ccccc3c2)C1=O. The molecule has 8 nitrogen and oxygen atoms in total. The number of amides is 4. The molecule has 1 atom stereocenters. The van der Waals surface area contributed by atoms with Crippen LogP contribution in [-0.4, -0.2) is 42.5 Å². The van der Waals surface area contributed by atoms with Gasteiger partial charge in [-0.3, -0.25) is 14.5 Å². The number of rotatable bonds is 4. The Kier molecular flexibility index (Phi) is 5.12. The molecule has 1 unspecified atom stereocenters. The van der Waals surface area contributed by atoms with Crippen LogP contribution in [0.4, 0.5) is 10.5 Å². The van der Waals surface area contributed by atoms with Crippen molar-refractivity contribution in [1.82, 2.24) is 10.2 Å². The molecule has 5 rings (SSSR count). The lowest BCUT2D eigenvalue weighted by Crippen LogP contribution is -2.42. The van der Waals surface area contributed by atoms with Crippen LogP contribution in [0.2, 0.25) is 0 Å². The fourth-order valence-electron chi connectivity index (χ4n) is 4.12. The van der Waals surface area contributed by atoms with Crippen LogP contribution in [0.3, 0.4) is 0 Å². The van der Waals surface area contributed by atoms with Crippen molar-refractivity contribution < 1.29 is 23.9 Å². The summed E-state index contributed by atoms with van der Waals surface area (Å²) in [4.78, 5) is 39.4. The third-order valence-corrected chi connectivity index (χ3v) is 5.93. The predicted molar refractivity (Wildman–Crippen MR) is 122 cm³/mol. The molecule has 0 radical (unpaired) electrons. The lowest BCUT2D eigenvalue weighted by molar-refractivity contribution is -0.133. The number of imide groups is 1. The third kappa shape index (κ3) is 3.84. The smallest absolute Gasteiger partial charge is 0.325 e. The topological polar surface area (TPSA) is 97.0 Å². The molecule has 168 valence electrons. The normalized spacial score (nSPS) is 19.8. The summed E-state index contributed by atoms with van der Waals surface area (Å²) in [5.74, 6) is 0.163. The summed E-state index contributed by atoms with van der Waals surface area (Å²) in [6, 6.07) is 17.9. The zero-order chi connectivity index (χ0) is 23.0. The Morgan fingerprint density at radius 3 is 2.58 bits per heavy atom. The molecule has 2 N–H and O–H groups in total. The number of carbonyl (C=O) groups excluding carboxylic acids is 3. The summed E-state index contributed by atoms with van der Waals surface area (Å²) in [5.41, 5.74) is -0.163. The average Bonchev–Trinajstić information content (AvgIpc) is 2.97. The van der Waals surface area contributed by atoms with Gasteiger partial charge < -0.3 is 20.1 Å². The lowest BCUT2D eigenvalue weighted by Gasteiger charge is -2.23. The van der Waals surface area contributed by atoms with Gasteiger partial charge in [0.05, 0.1) is 13.2 Å². The summed E-state index contributed by atoms with van der Waals surface area (Å²) in [5, 5.41) is 7.52. The van der Waals surface area contributed by atoms with E-state index in [-0.39, 0.29) is 0 Å². The van der Waals surface area contributed by atoms with Crippen LogP contribution in [0, 0.1) is 0 Å². The van der Waals surface area contributed by atoms with Gasteiger partial charge in [-0.1, -0.05) is 36.4 Å². The molecule has 0 aromatic heterocycles. The number of fused-ring (bicyclic) bond motifs is 2. The van der Waals surface area contributed by atoms with Gasteiger partial charge in [-0.05, 0) is 47.5 Å². The van der Waals surface area contributed by atoms with E-state index in [0.29, 0.717) is 36.0 Å². The molecule has 4 amide bonds. The molecule has 33 heavy (non-hydrogen) atoms. The van der Waals surface area contributed by atoms with E-state index >= 15 is 0 Å². The molecular weight excluding hydrogens is 422 g/mol. The Labute approximate surface area is 190 Å². The van der Waals surface area contributed by atoms with Crippen molar-refractivity contribution in [3.63, 3.8) is 0 Å². The number of hydrogen-bond donors (Lipinski definition) is 2. The second kappa shape index (κ2) is 8.12. The van der Waals surface area contributed by atoms with Crippen LogP contribution in [0.25, 0.3) is 10.8 Å². The summed E-state index contributed by atoms with van der Waals surface area (Å²) < 4.78 is 11.4. The zero-order valence-corrected chi connectivity index (χ0v) is 18.1. The number of carbonyl (C=O) groups is 3. The number of nitrogens with zero attached hydrogens (tertiary/aromatic N) is 1. The molecular formula is C25H23N3O5. The van der Waals surface area contributed by atoms with Crippen LogP contribution in [0.15, 0.2) is 60.7 Å². The first-order valence-corrected chi connectivity index (χ1v) is 10.8. The molecule has 0 saturated carbocycles. The van der Waals surface area contributed by atoms with Crippen LogP contribution < -0.4 is 20.1 Å². The van der Waals surface area contributed by atoms with E-state index in [1.165, 1.54) is 0 Å². The Hall–Kier alpha value is -4.07. The van der Waals surface area contributed by atoms with Crippen LogP contribution in [-0.2, 0) is 15.1 Å². The molecule has 0 spiro atoms. The van der Waals surface area contributed by atoms with Gasteiger partial charge in [-0.2, -0.15) is 0 Å². The van der Waals surface area contributed by atoms with Crippen LogP contribution >= 0.6 is 0 Å². The molecule has 0 aliphatic carbocycles. The highest BCUT2D eigenvalue weighted by molar-refractivity contribution is 6.10. The maximum atomic E-state index is 13.2. The average molecular weight is 445 g/mol. The maximum absolute atomic E-state index is 13.2. The number of anilines is 1. The van der Waals surface area contributed by atoms with Crippen molar-refractivity contribution in [2.75, 3.05) is 25.1 Å². The van der Waals surface area contributed by atoms with Gasteiger partial charge in [-0.25, -0.2) is 4.79 Å². The minimum atomic E-state index is -1.31. The van der Waals surface area contributed by atoms with E-state index in [1.807, 2.05) is 36.4 Å². The minimum absolute atomic E-state index is 0.391. The predicted octanol–water partition coefficient (Wildman–Crippen LogP) is 3.41. The standard InChI is InChI=1S/C25H23N3O5/c1-25(18-8-10-20-21(14-18)33-12-4-11-32-20)23(30)28(24(31)27-25)15-22(29)26-19-9-7-16-5-2-3-6-17(16)13-19/h2-3,5-10,13-14H,4,11-12,15H2,1H3,(H,26,29)(H,27,31). The second-order valence-electron chi connectivity index (χ2n) is 8.27. The number of nitrogens with one attached hydrogen (secondary N) is 2. The summed E-state index contributed by atoms with van der Waals surface area (Å²) in [6.45, 7) is 2.29. The first kappa shape index (κ1) is 20.8. The van der Waals surface area contributed by atoms with Gasteiger partial charge >= 0.3 is 6.03 Å². The first-order valence-electron chi connectivity index (χ1n) is 10.8. The van der Waals surface area contributed by atoms with E-state index in [2.05, 4.69) is 10.6 Å². The van der Waals surface area contributed by atoms with Crippen molar-refractivity contribution >= 4 is 34.3 Å². The van der Waals surface area contributed by atoms with Crippen molar-refractivity contribution in [2.45, 2.75) is 18.9 Å². The van der Waals surface area contributed by atoms with Gasteiger partial charge in [0.15, 0.2) is 11.5 Å². The summed E-state index contributed by atoms with van der Waals surface area (Å²) in [7, 11) is 0. The molecule has 8 heteroatoms. The van der Waals surface area contributed by atoms with E-state index in [0.717, 1.165) is 22.1 Å². The van der Waals surface area contributed by atoms with Crippen LogP contribution in [0.1, 0.15) is 18.9 Å². The van der Waals surface area contributed by atoms with Crippen molar-refractivity contribution in [1.29, 1.82) is 0 Å². The Morgan fingerprint density at radius 2 is 1.76 bits per heavy atom. The molecule has 2 heterocycles. The molecule has 1 saturated heterocycles. The van der Waals surface area contributed by atoms with Gasteiger partial charge in [0.25, 0.3) is 5.91 Å². The monoisotopic (exact) mass is 445 g/mol. The molecule has 3 aromatic rings. The highest BCUT2D eigenvalue weighted by atomic mass is 16.5. The highest BCUT2D eigenvalue weighted by Gasteiger charge is 2.49. The second-order valence-corrected chi connectivity index (χ2v) is 8.27. The third-order valence-electron chi connectivity index (χ3n) is 5.93. The number of hydrogen-bond acceptors (Lipinski definition) is 5. The molecule has 3 aromatic carbocycles. The quantitative estimate of drug-likeness (QED) is 0.600. The zero-order valence-electron chi connectivity index (χ0n) is 18.1. The van der Waals surface area contributed by atoms with Crippen LogP contribution in [0.5, 0.6) is 11.5 Å². The minimum Gasteiger partial charge on any atom is -0.490 e. The van der Waals surface area contributed by atoms with E-state index < -0.39 is 29.9 Å². The van der Waals surface area contributed by atoms with Gasteiger partial charge in [-0.15, -0.1) is 0 Å². The molecule has 0 bridgehead atoms. The first-order chi connectivity index (χ1) is 15.9. The maximum Gasteiger partial charge on any atom is 0.325 e. The molecule has 2 aliphatic heterocycles. The fraction of sp³-hybridized carbons (Fsp3) is 0.240. The van der Waals surface area contributed by atoms with Crippen molar-refractivity contribution in [3.05, 3.63) is 66.2 Å². The summed E-state index contributed by atoms with van der Waals surface area (Å²) >= 11 is 0. The Balaban J connectivity index is 1.32. The number of urea groups is 1. The highest BCUT2D eigenvalue weighted by Crippen LogP contribution is 2.36. The fourth-order valence-corrected chi connectivity index (χ4v) is 4.12. The van der Waals surface area contributed by atoms with Crippen molar-refractivity contribution in [3.8, 4) is 11.5 Å². The van der Waals surface area contributed by atoms with E-state index in [4.69, 9.17) is 9.47 Å². The lowest BCUT2D eigenvalue weighted by atomic mass is 9.91. The molecule has 2 aliphatic rings. The van der Waals surface area contributed by atoms with Gasteiger partial charge in [0.2, 0.25) is 5.91 Å². The largest absolute Gasteiger partial charge is 0.490 e. The van der Waals surface area contributed by atoms with Gasteiger partial charge in [0, 0.05) is 12.1 Å². The summed E-state index contributed by atoms with van der Waals surface area (Å²) in [6.07, 6.45) is 0.761. The van der Waals surface area contributed by atoms with Gasteiger partial charge in [0.1, 0.15) is 12.1 Å². The van der Waals surface area contributed by atoms with E-state index in [9.17, 15) is 14.4 Å². The van der Waals surface area contributed by atoms with E-state index in [1.54, 1.807) is 31.2 Å². The Bertz CT molecular complexity index is 1270. The Morgan fingerprint density at radius 1 is 1.00 bits per heavy atom. The number of benzene rings is 3. The molecule has 1 fully saturated rings. The number of ether oxygens (including phenoxy) is 2.